The summed E-state index contributed by atoms with van der Waals surface area (Å²) in [6.45, 7) is 0. The molecule has 5 rings (SSSR count). The third kappa shape index (κ3) is 4.50. The van der Waals surface area contributed by atoms with Crippen LogP contribution in [-0.2, 0) is 4.74 Å². The fourth-order valence-electron chi connectivity index (χ4n) is 5.29. The Morgan fingerprint density at radius 2 is 1.91 bits per heavy atom. The van der Waals surface area contributed by atoms with Crippen LogP contribution < -0.4 is 11.1 Å². The molecule has 5 unspecified atom stereocenters. The van der Waals surface area contributed by atoms with Crippen molar-refractivity contribution in [3.8, 4) is 11.4 Å². The van der Waals surface area contributed by atoms with Gasteiger partial charge in [-0.2, -0.15) is 0 Å². The summed E-state index contributed by atoms with van der Waals surface area (Å²) in [5, 5.41) is 2.89. The minimum atomic E-state index is -0.797. The second kappa shape index (κ2) is 9.68. The number of amides is 1. The van der Waals surface area contributed by atoms with Crippen LogP contribution in [0, 0.1) is 23.5 Å². The summed E-state index contributed by atoms with van der Waals surface area (Å²) >= 11 is 0. The number of nitrogens with two attached hydrogens (primary N) is 1. The molecule has 3 N–H and O–H groups in total. The first kappa shape index (κ1) is 22.7. The Kier molecular flexibility index (Phi) is 6.47. The Morgan fingerprint density at radius 1 is 1.12 bits per heavy atom. The van der Waals surface area contributed by atoms with E-state index >= 15 is 0 Å². The summed E-state index contributed by atoms with van der Waals surface area (Å²) in [5.74, 6) is -2.00. The Hall–Kier alpha value is -3.04. The minimum absolute atomic E-state index is 0.00420. The van der Waals surface area contributed by atoms with Crippen molar-refractivity contribution in [2.75, 3.05) is 0 Å². The molecule has 1 aromatic heterocycles. The maximum atomic E-state index is 14.2. The highest BCUT2D eigenvalue weighted by Gasteiger charge is 2.42. The zero-order valence-corrected chi connectivity index (χ0v) is 18.7. The van der Waals surface area contributed by atoms with Crippen LogP contribution >= 0.6 is 0 Å². The molecule has 0 spiro atoms. The Morgan fingerprint density at radius 3 is 2.74 bits per heavy atom. The molecule has 9 heteroatoms. The summed E-state index contributed by atoms with van der Waals surface area (Å²) in [6.07, 6.45) is 10.6. The van der Waals surface area contributed by atoms with Gasteiger partial charge in [-0.25, -0.2) is 18.7 Å². The van der Waals surface area contributed by atoms with Crippen molar-refractivity contribution in [3.63, 3.8) is 0 Å². The molecular formula is C25H27F2N5O2. The van der Waals surface area contributed by atoms with Crippen molar-refractivity contribution < 1.29 is 18.3 Å². The van der Waals surface area contributed by atoms with E-state index in [2.05, 4.69) is 20.3 Å². The molecule has 1 aliphatic carbocycles. The fraction of sp³-hybridized carbons (Fsp3) is 0.440. The van der Waals surface area contributed by atoms with E-state index in [1.165, 1.54) is 24.8 Å². The van der Waals surface area contributed by atoms with Gasteiger partial charge >= 0.3 is 0 Å². The van der Waals surface area contributed by atoms with Gasteiger partial charge in [0.2, 0.25) is 0 Å². The van der Waals surface area contributed by atoms with Crippen molar-refractivity contribution >= 4 is 12.1 Å². The molecule has 1 amide bonds. The molecule has 5 atom stereocenters. The Balaban J connectivity index is 1.34. The molecule has 2 aromatic rings. The van der Waals surface area contributed by atoms with Crippen LogP contribution in [0.5, 0.6) is 0 Å². The highest BCUT2D eigenvalue weighted by Crippen LogP contribution is 2.39. The van der Waals surface area contributed by atoms with E-state index in [1.54, 1.807) is 6.20 Å². The van der Waals surface area contributed by atoms with Crippen LogP contribution in [0.1, 0.15) is 49.0 Å². The molecule has 3 heterocycles. The third-order valence-corrected chi connectivity index (χ3v) is 7.02. The summed E-state index contributed by atoms with van der Waals surface area (Å²) in [6, 6.07) is 4.97. The first-order chi connectivity index (χ1) is 16.5. The van der Waals surface area contributed by atoms with Gasteiger partial charge in [0.1, 0.15) is 17.3 Å². The van der Waals surface area contributed by atoms with Gasteiger partial charge in [-0.3, -0.25) is 9.79 Å². The fourth-order valence-corrected chi connectivity index (χ4v) is 5.29. The summed E-state index contributed by atoms with van der Waals surface area (Å²) < 4.78 is 34.8. The molecule has 7 nitrogen and oxygen atoms in total. The van der Waals surface area contributed by atoms with Crippen molar-refractivity contribution in [2.24, 2.45) is 22.6 Å². The number of halogens is 2. The summed E-state index contributed by atoms with van der Waals surface area (Å²) in [5.41, 5.74) is 6.77. The molecular weight excluding hydrogens is 440 g/mol. The number of rotatable bonds is 4. The highest BCUT2D eigenvalue weighted by atomic mass is 19.1. The molecule has 2 fully saturated rings. The van der Waals surface area contributed by atoms with Gasteiger partial charge in [-0.05, 0) is 43.9 Å². The lowest BCUT2D eigenvalue weighted by molar-refractivity contribution is -0.122. The average molecular weight is 468 g/mol. The van der Waals surface area contributed by atoms with E-state index in [0.29, 0.717) is 18.0 Å². The first-order valence-electron chi connectivity index (χ1n) is 11.7. The third-order valence-electron chi connectivity index (χ3n) is 7.02. The number of hydrogen-bond donors (Lipinski definition) is 2. The van der Waals surface area contributed by atoms with E-state index < -0.39 is 17.5 Å². The lowest BCUT2D eigenvalue weighted by atomic mass is 9.75. The maximum absolute atomic E-state index is 14.2. The van der Waals surface area contributed by atoms with Crippen LogP contribution in [0.3, 0.4) is 0 Å². The number of hydrogen-bond acceptors (Lipinski definition) is 6. The lowest BCUT2D eigenvalue weighted by Gasteiger charge is -2.45. The molecule has 178 valence electrons. The van der Waals surface area contributed by atoms with E-state index in [4.69, 9.17) is 10.5 Å². The molecule has 1 saturated carbocycles. The van der Waals surface area contributed by atoms with Gasteiger partial charge in [-0.1, -0.05) is 18.9 Å². The quantitative estimate of drug-likeness (QED) is 0.713. The van der Waals surface area contributed by atoms with Gasteiger partial charge in [-0.15, -0.1) is 0 Å². The van der Waals surface area contributed by atoms with Gasteiger partial charge in [0, 0.05) is 42.2 Å². The number of nitrogens with zero attached hydrogens (tertiary/aromatic N) is 3. The Labute approximate surface area is 196 Å². The zero-order chi connectivity index (χ0) is 23.7. The van der Waals surface area contributed by atoms with E-state index in [9.17, 15) is 13.6 Å². The number of carbonyl (C=O) groups is 1. The van der Waals surface area contributed by atoms with Crippen LogP contribution in [0.4, 0.5) is 8.78 Å². The van der Waals surface area contributed by atoms with Gasteiger partial charge in [0.05, 0.1) is 17.8 Å². The van der Waals surface area contributed by atoms with Crippen molar-refractivity contribution in [1.29, 1.82) is 0 Å². The SMILES string of the molecule is NC1CC(C2CC=NC=C2NC(=O)c2ccnc(-c3c(F)cccc3F)n2)OC2CCCCC12. The molecule has 2 aliphatic heterocycles. The molecule has 1 saturated heterocycles. The highest BCUT2D eigenvalue weighted by molar-refractivity contribution is 5.94. The standard InChI is InChI=1S/C25H27F2N5O2/c26-16-5-3-6-17(27)23(16)24-30-11-9-19(31-24)25(33)32-20-13-29-10-8-15(20)22-12-18(28)14-4-1-2-7-21(14)34-22/h3,5-6,9-11,13-15,18,21-22H,1-2,4,7-8,12,28H2,(H,32,33). The van der Waals surface area contributed by atoms with Crippen LogP contribution in [0.15, 0.2) is 47.4 Å². The van der Waals surface area contributed by atoms with Crippen molar-refractivity contribution in [2.45, 2.75) is 56.8 Å². The average Bonchev–Trinajstić information content (AvgIpc) is 2.84. The van der Waals surface area contributed by atoms with E-state index in [-0.39, 0.29) is 41.2 Å². The van der Waals surface area contributed by atoms with Crippen LogP contribution in [-0.4, -0.2) is 40.3 Å². The second-order valence-corrected chi connectivity index (χ2v) is 9.14. The Bertz CT molecular complexity index is 1120. The first-order valence-corrected chi connectivity index (χ1v) is 11.7. The van der Waals surface area contributed by atoms with Gasteiger partial charge in [0.25, 0.3) is 5.91 Å². The van der Waals surface area contributed by atoms with Crippen LogP contribution in [0.25, 0.3) is 11.4 Å². The monoisotopic (exact) mass is 467 g/mol. The van der Waals surface area contributed by atoms with Gasteiger partial charge < -0.3 is 15.8 Å². The molecule has 0 radical (unpaired) electrons. The number of aromatic nitrogens is 2. The van der Waals surface area contributed by atoms with Crippen molar-refractivity contribution in [3.05, 3.63) is 59.7 Å². The van der Waals surface area contributed by atoms with E-state index in [0.717, 1.165) is 37.8 Å². The number of carbonyl (C=O) groups excluding carboxylic acids is 1. The summed E-state index contributed by atoms with van der Waals surface area (Å²) in [7, 11) is 0. The van der Waals surface area contributed by atoms with E-state index in [1.807, 2.05) is 6.21 Å². The second-order valence-electron chi connectivity index (χ2n) is 9.14. The predicted octanol–water partition coefficient (Wildman–Crippen LogP) is 3.76. The predicted molar refractivity (Wildman–Crippen MR) is 123 cm³/mol. The zero-order valence-electron chi connectivity index (χ0n) is 18.7. The number of ether oxygens (including phenoxy) is 1. The van der Waals surface area contributed by atoms with Gasteiger partial charge in [0.15, 0.2) is 5.82 Å². The molecule has 34 heavy (non-hydrogen) atoms. The topological polar surface area (TPSA) is 102 Å². The normalized spacial score (nSPS) is 28.7. The number of fused-ring (bicyclic) bond motifs is 1. The van der Waals surface area contributed by atoms with Crippen LogP contribution in [0.2, 0.25) is 0 Å². The number of aliphatic imine (C=N–C) groups is 1. The molecule has 0 bridgehead atoms. The smallest absolute Gasteiger partial charge is 0.274 e. The summed E-state index contributed by atoms with van der Waals surface area (Å²) in [4.78, 5) is 25.3. The molecule has 3 aliphatic rings. The number of nitrogens with one attached hydrogen (secondary N) is 1. The number of benzene rings is 1. The lowest BCUT2D eigenvalue weighted by Crippen LogP contribution is -2.52. The largest absolute Gasteiger partial charge is 0.374 e. The minimum Gasteiger partial charge on any atom is -0.374 e. The maximum Gasteiger partial charge on any atom is 0.274 e. The van der Waals surface area contributed by atoms with Crippen molar-refractivity contribution in [1.82, 2.24) is 15.3 Å². The molecule has 1 aromatic carbocycles.